The number of hydrogen-bond donors (Lipinski definition) is 3. The molecule has 1 aromatic carbocycles. The van der Waals surface area contributed by atoms with Crippen LogP contribution in [0.2, 0.25) is 0 Å². The minimum absolute atomic E-state index is 0.000631. The molecule has 11 atom stereocenters. The van der Waals surface area contributed by atoms with Gasteiger partial charge in [-0.1, -0.05) is 92.2 Å². The first-order chi connectivity index (χ1) is 28.2. The average molecular weight is 845 g/mol. The number of carboxylic acid groups (broad SMARTS) is 1. The van der Waals surface area contributed by atoms with Gasteiger partial charge in [-0.25, -0.2) is 0 Å². The van der Waals surface area contributed by atoms with Gasteiger partial charge >= 0.3 is 11.9 Å². The van der Waals surface area contributed by atoms with Crippen molar-refractivity contribution in [2.24, 2.45) is 68.0 Å². The summed E-state index contributed by atoms with van der Waals surface area (Å²) in [5, 5.41) is 25.7. The molecule has 332 valence electrons. The lowest BCUT2D eigenvalue weighted by Crippen LogP contribution is -2.66. The van der Waals surface area contributed by atoms with Gasteiger partial charge in [0.15, 0.2) is 5.78 Å². The van der Waals surface area contributed by atoms with E-state index in [0.717, 1.165) is 76.6 Å². The molecule has 1 saturated heterocycles. The van der Waals surface area contributed by atoms with Crippen LogP contribution in [0.4, 0.5) is 0 Å². The van der Waals surface area contributed by atoms with Crippen molar-refractivity contribution in [1.82, 2.24) is 10.2 Å². The number of benzene rings is 1. The Labute approximate surface area is 365 Å². The number of Topliss-reactive ketones (excluding diaryl/α,β-unsaturated/α-hetero) is 1. The van der Waals surface area contributed by atoms with Gasteiger partial charge in [-0.3, -0.25) is 19.3 Å². The number of esters is 1. The molecule has 0 amide bonds. The van der Waals surface area contributed by atoms with Crippen LogP contribution < -0.4 is 5.32 Å². The first kappa shape index (κ1) is 44.4. The van der Waals surface area contributed by atoms with Crippen molar-refractivity contribution in [3.05, 3.63) is 46.5 Å². The van der Waals surface area contributed by atoms with E-state index in [1.165, 1.54) is 28.2 Å². The van der Waals surface area contributed by atoms with Gasteiger partial charge in [0.25, 0.3) is 0 Å². The van der Waals surface area contributed by atoms with Crippen LogP contribution in [0.1, 0.15) is 138 Å². The molecule has 60 heavy (non-hydrogen) atoms. The van der Waals surface area contributed by atoms with Crippen LogP contribution >= 0.6 is 11.8 Å². The predicted molar refractivity (Wildman–Crippen MR) is 239 cm³/mol. The molecule has 0 spiro atoms. The third kappa shape index (κ3) is 6.90. The molecule has 5 saturated carbocycles. The number of ketones is 1. The summed E-state index contributed by atoms with van der Waals surface area (Å²) in [6.45, 7) is 25.0. The van der Waals surface area contributed by atoms with Crippen LogP contribution in [0.15, 0.2) is 35.4 Å². The number of carbonyl (C=O) groups excluding carboxylic acids is 2. The number of carboxylic acids is 1. The van der Waals surface area contributed by atoms with E-state index in [1.54, 1.807) is 0 Å². The topological polar surface area (TPSA) is 116 Å². The number of nitrogens with zero attached hydrogens (tertiary/aromatic N) is 1. The van der Waals surface area contributed by atoms with Crippen molar-refractivity contribution < 1.29 is 29.3 Å². The minimum atomic E-state index is -0.825. The van der Waals surface area contributed by atoms with E-state index < -0.39 is 28.8 Å². The maximum atomic E-state index is 14.2. The molecular formula is C51H76N2O6S. The summed E-state index contributed by atoms with van der Waals surface area (Å²) in [5.41, 5.74) is 3.73. The number of aliphatic carboxylic acids is 1. The smallest absolute Gasteiger partial charge is 0.309 e. The van der Waals surface area contributed by atoms with E-state index in [-0.39, 0.29) is 57.3 Å². The van der Waals surface area contributed by atoms with Crippen molar-refractivity contribution >= 4 is 29.5 Å². The van der Waals surface area contributed by atoms with Gasteiger partial charge < -0.3 is 20.3 Å². The van der Waals surface area contributed by atoms with E-state index in [1.807, 2.05) is 25.6 Å². The highest BCUT2D eigenvalue weighted by atomic mass is 32.2. The Hall–Kier alpha value is -2.20. The summed E-state index contributed by atoms with van der Waals surface area (Å²) in [6.07, 6.45) is 8.01. The third-order valence-electron chi connectivity index (χ3n) is 19.4. The number of ether oxygens (including phenoxy) is 1. The van der Waals surface area contributed by atoms with Gasteiger partial charge in [-0.15, -0.1) is 0 Å². The zero-order valence-electron chi connectivity index (χ0n) is 38.3. The van der Waals surface area contributed by atoms with E-state index in [4.69, 9.17) is 4.74 Å². The van der Waals surface area contributed by atoms with Gasteiger partial charge in [-0.2, -0.15) is 11.8 Å². The number of allylic oxidation sites excluding steroid dienone is 1. The zero-order chi connectivity index (χ0) is 43.2. The second kappa shape index (κ2) is 15.8. The Morgan fingerprint density at radius 1 is 0.850 bits per heavy atom. The number of hydrogen-bond acceptors (Lipinski definition) is 8. The largest absolute Gasteiger partial charge is 0.481 e. The van der Waals surface area contributed by atoms with E-state index in [2.05, 4.69) is 82.9 Å². The molecular weight excluding hydrogens is 769 g/mol. The highest BCUT2D eigenvalue weighted by Gasteiger charge is 2.71. The highest BCUT2D eigenvalue weighted by Crippen LogP contribution is 2.77. The van der Waals surface area contributed by atoms with Crippen LogP contribution in [0.25, 0.3) is 0 Å². The van der Waals surface area contributed by atoms with Crippen molar-refractivity contribution in [2.45, 2.75) is 152 Å². The molecule has 8 rings (SSSR count). The number of aliphatic hydroxyl groups excluding tert-OH is 1. The van der Waals surface area contributed by atoms with Gasteiger partial charge in [0.2, 0.25) is 0 Å². The van der Waals surface area contributed by atoms with Gasteiger partial charge in [0.05, 0.1) is 17.9 Å². The zero-order valence-corrected chi connectivity index (χ0v) is 39.1. The van der Waals surface area contributed by atoms with Gasteiger partial charge in [-0.05, 0) is 120 Å². The molecule has 6 aliphatic carbocycles. The molecule has 0 unspecified atom stereocenters. The first-order valence-corrected chi connectivity index (χ1v) is 24.8. The fraction of sp³-hybridized carbons (Fsp3) is 0.784. The summed E-state index contributed by atoms with van der Waals surface area (Å²) < 4.78 is 6.44. The molecule has 0 radical (unpaired) electrons. The second-order valence-corrected chi connectivity index (χ2v) is 24.2. The van der Waals surface area contributed by atoms with Gasteiger partial charge in [0, 0.05) is 61.5 Å². The fourth-order valence-corrected chi connectivity index (χ4v) is 16.5. The van der Waals surface area contributed by atoms with Crippen LogP contribution in [0, 0.1) is 68.0 Å². The SMILES string of the molecule is CC(C)C1=C2[C@H]3CC[C@@H]4[C@@]5(C)CC[C@H](OC(=O)[C@H]6C[C@@H](C(=O)O)C6(C)C)C(C)(C)[C@@H]5CC[C@@]4(C)[C@]3(C)CC[C@@]2([C@@H](O)CNCc2ccc(CN3CCSCC3)cc2)CC1=O. The van der Waals surface area contributed by atoms with Crippen LogP contribution in [-0.2, 0) is 32.2 Å². The highest BCUT2D eigenvalue weighted by molar-refractivity contribution is 7.99. The normalized spacial score (nSPS) is 40.1. The number of aliphatic hydroxyl groups is 1. The molecule has 0 aromatic heterocycles. The number of nitrogens with one attached hydrogen (secondary N) is 1. The maximum Gasteiger partial charge on any atom is 0.309 e. The lowest BCUT2D eigenvalue weighted by atomic mass is 9.33. The minimum Gasteiger partial charge on any atom is -0.481 e. The number of fused-ring (bicyclic) bond motifs is 7. The first-order valence-electron chi connectivity index (χ1n) is 23.7. The summed E-state index contributed by atoms with van der Waals surface area (Å²) in [4.78, 5) is 42.2. The summed E-state index contributed by atoms with van der Waals surface area (Å²) >= 11 is 2.04. The van der Waals surface area contributed by atoms with Crippen molar-refractivity contribution in [2.75, 3.05) is 31.1 Å². The Kier molecular flexibility index (Phi) is 11.7. The van der Waals surface area contributed by atoms with Crippen molar-refractivity contribution in [1.29, 1.82) is 0 Å². The predicted octanol–water partition coefficient (Wildman–Crippen LogP) is 9.33. The molecule has 9 heteroatoms. The maximum absolute atomic E-state index is 14.2. The van der Waals surface area contributed by atoms with E-state index >= 15 is 0 Å². The number of thioether (sulfide) groups is 1. The van der Waals surface area contributed by atoms with Crippen LogP contribution in [0.3, 0.4) is 0 Å². The molecule has 3 N–H and O–H groups in total. The average Bonchev–Trinajstić information content (AvgIpc) is 3.50. The molecule has 6 fully saturated rings. The standard InChI is InChI=1S/C51H76N2O6S/c1-31(2)42-37(54)27-51(40(55)29-52-28-32-10-12-33(13-11-32)30-53-22-24-60-25-23-53)21-20-49(8)34(43(42)51)14-15-39-48(7)18-17-41(47(5,6)38(48)16-19-50(39,49)9)59-45(58)36-26-35(44(56)57)46(36,3)4/h10-13,31,34-36,38-41,52,55H,14-30H2,1-9H3,(H,56,57)/t34-,35+,36-,38+,39-,40+,41+,48+,49-,50-,51+/m1/s1. The Bertz CT molecular complexity index is 1870. The van der Waals surface area contributed by atoms with Crippen molar-refractivity contribution in [3.8, 4) is 0 Å². The molecule has 0 bridgehead atoms. The van der Waals surface area contributed by atoms with Crippen molar-refractivity contribution in [3.63, 3.8) is 0 Å². The van der Waals surface area contributed by atoms with E-state index in [0.29, 0.717) is 37.8 Å². The third-order valence-corrected chi connectivity index (χ3v) is 20.3. The molecule has 8 nitrogen and oxygen atoms in total. The van der Waals surface area contributed by atoms with Crippen LogP contribution in [0.5, 0.6) is 0 Å². The summed E-state index contributed by atoms with van der Waals surface area (Å²) in [6, 6.07) is 8.95. The lowest BCUT2D eigenvalue weighted by molar-refractivity contribution is -0.238. The fourth-order valence-electron chi connectivity index (χ4n) is 15.6. The molecule has 1 aliphatic heterocycles. The number of carbonyl (C=O) groups is 3. The lowest BCUT2D eigenvalue weighted by Gasteiger charge is -2.72. The van der Waals surface area contributed by atoms with Crippen LogP contribution in [-0.4, -0.2) is 76.2 Å². The van der Waals surface area contributed by atoms with Gasteiger partial charge in [0.1, 0.15) is 6.10 Å². The monoisotopic (exact) mass is 845 g/mol. The summed E-state index contributed by atoms with van der Waals surface area (Å²) in [5.74, 6) is 2.06. The molecule has 1 heterocycles. The molecule has 7 aliphatic rings. The Morgan fingerprint density at radius 3 is 2.18 bits per heavy atom. The Morgan fingerprint density at radius 2 is 1.53 bits per heavy atom. The Balaban J connectivity index is 0.978. The second-order valence-electron chi connectivity index (χ2n) is 23.0. The number of rotatable bonds is 11. The van der Waals surface area contributed by atoms with E-state index in [9.17, 15) is 24.6 Å². The summed E-state index contributed by atoms with van der Waals surface area (Å²) in [7, 11) is 0. The quantitative estimate of drug-likeness (QED) is 0.188. The molecule has 1 aromatic rings.